The molecular formula is C37H77NO6. The molecular weight excluding hydrogens is 554 g/mol. The van der Waals surface area contributed by atoms with E-state index >= 15 is 0 Å². The summed E-state index contributed by atoms with van der Waals surface area (Å²) in [6, 6.07) is 0. The third-order valence-corrected chi connectivity index (χ3v) is 8.10. The summed E-state index contributed by atoms with van der Waals surface area (Å²) in [7, 11) is 0. The van der Waals surface area contributed by atoms with Crippen LogP contribution in [0.2, 0.25) is 0 Å². The van der Waals surface area contributed by atoms with E-state index in [1.807, 2.05) is 0 Å². The summed E-state index contributed by atoms with van der Waals surface area (Å²) in [5.41, 5.74) is 0. The lowest BCUT2D eigenvalue weighted by atomic mass is 10.0. The van der Waals surface area contributed by atoms with Crippen molar-refractivity contribution in [2.45, 2.75) is 181 Å². The Morgan fingerprint density at radius 1 is 0.295 bits per heavy atom. The highest BCUT2D eigenvalue weighted by molar-refractivity contribution is 4.50. The molecule has 0 saturated carbocycles. The molecule has 0 fully saturated rings. The standard InChI is InChI=1S/C37H77NO6/c1-3-5-7-9-11-13-15-17-19-21-23-25-27-30-39-33-35-42-41-32-29-38-37-44-43-36-34-40-31-28-26-24-22-20-18-16-14-12-10-8-6-4-2/h38H,3-37H2,1-2H3. The highest BCUT2D eigenvalue weighted by Crippen LogP contribution is 2.13. The lowest BCUT2D eigenvalue weighted by Crippen LogP contribution is -2.23. The monoisotopic (exact) mass is 632 g/mol. The van der Waals surface area contributed by atoms with Gasteiger partial charge in [-0.25, -0.2) is 19.6 Å². The third-order valence-electron chi connectivity index (χ3n) is 8.10. The van der Waals surface area contributed by atoms with Crippen LogP contribution in [-0.4, -0.2) is 59.5 Å². The molecule has 0 saturated heterocycles. The van der Waals surface area contributed by atoms with E-state index in [1.54, 1.807) is 0 Å². The fraction of sp³-hybridized carbons (Fsp3) is 1.00. The van der Waals surface area contributed by atoms with Gasteiger partial charge in [-0.1, -0.05) is 168 Å². The maximum Gasteiger partial charge on any atom is 0.133 e. The zero-order chi connectivity index (χ0) is 31.7. The molecule has 0 amide bonds. The minimum Gasteiger partial charge on any atom is -0.379 e. The van der Waals surface area contributed by atoms with E-state index in [4.69, 9.17) is 29.0 Å². The van der Waals surface area contributed by atoms with Gasteiger partial charge in [0.15, 0.2) is 0 Å². The fourth-order valence-corrected chi connectivity index (χ4v) is 5.28. The van der Waals surface area contributed by atoms with E-state index in [2.05, 4.69) is 19.2 Å². The predicted octanol–water partition coefficient (Wildman–Crippen LogP) is 10.6. The summed E-state index contributed by atoms with van der Waals surface area (Å²) in [4.78, 5) is 20.5. The summed E-state index contributed by atoms with van der Waals surface area (Å²) >= 11 is 0. The number of hydrogen-bond acceptors (Lipinski definition) is 7. The van der Waals surface area contributed by atoms with Crippen molar-refractivity contribution in [3.8, 4) is 0 Å². The Balaban J connectivity index is 3.03. The highest BCUT2D eigenvalue weighted by atomic mass is 17.2. The summed E-state index contributed by atoms with van der Waals surface area (Å²) < 4.78 is 11.2. The van der Waals surface area contributed by atoms with Crippen LogP contribution in [0.4, 0.5) is 0 Å². The van der Waals surface area contributed by atoms with Crippen LogP contribution in [0, 0.1) is 0 Å². The van der Waals surface area contributed by atoms with Crippen molar-refractivity contribution in [2.24, 2.45) is 0 Å². The van der Waals surface area contributed by atoms with Gasteiger partial charge in [-0.05, 0) is 12.8 Å². The number of nitrogens with one attached hydrogen (secondary N) is 1. The van der Waals surface area contributed by atoms with E-state index in [-0.39, 0.29) is 0 Å². The van der Waals surface area contributed by atoms with Crippen molar-refractivity contribution in [1.29, 1.82) is 0 Å². The van der Waals surface area contributed by atoms with E-state index in [9.17, 15) is 0 Å². The molecule has 0 aromatic carbocycles. The Kier molecular flexibility index (Phi) is 42.4. The largest absolute Gasteiger partial charge is 0.379 e. The molecule has 0 rings (SSSR count). The first-order valence-corrected chi connectivity index (χ1v) is 19.3. The number of rotatable bonds is 41. The van der Waals surface area contributed by atoms with Crippen LogP contribution in [0.15, 0.2) is 0 Å². The van der Waals surface area contributed by atoms with Gasteiger partial charge in [0, 0.05) is 19.8 Å². The minimum atomic E-state index is 0.310. The van der Waals surface area contributed by atoms with E-state index in [0.29, 0.717) is 46.3 Å². The van der Waals surface area contributed by atoms with Crippen molar-refractivity contribution in [1.82, 2.24) is 5.32 Å². The molecule has 0 radical (unpaired) electrons. The Hall–Kier alpha value is -0.280. The van der Waals surface area contributed by atoms with Crippen LogP contribution >= 0.6 is 0 Å². The summed E-state index contributed by atoms with van der Waals surface area (Å²) in [6.45, 7) is 9.60. The molecule has 0 spiro atoms. The van der Waals surface area contributed by atoms with E-state index in [0.717, 1.165) is 26.1 Å². The molecule has 1 N–H and O–H groups in total. The Morgan fingerprint density at radius 2 is 0.614 bits per heavy atom. The normalized spacial score (nSPS) is 11.6. The van der Waals surface area contributed by atoms with Crippen LogP contribution in [-0.2, 0) is 29.0 Å². The maximum absolute atomic E-state index is 5.62. The van der Waals surface area contributed by atoms with Gasteiger partial charge in [-0.2, -0.15) is 0 Å². The van der Waals surface area contributed by atoms with Gasteiger partial charge < -0.3 is 9.47 Å². The molecule has 0 aromatic heterocycles. The average Bonchev–Trinajstić information content (AvgIpc) is 3.04. The molecule has 0 bridgehead atoms. The second-order valence-corrected chi connectivity index (χ2v) is 12.4. The Morgan fingerprint density at radius 3 is 1.00 bits per heavy atom. The molecule has 0 atom stereocenters. The molecule has 0 unspecified atom stereocenters. The van der Waals surface area contributed by atoms with Gasteiger partial charge in [0.25, 0.3) is 0 Å². The Bertz CT molecular complexity index is 443. The van der Waals surface area contributed by atoms with Gasteiger partial charge in [-0.15, -0.1) is 0 Å². The van der Waals surface area contributed by atoms with E-state index in [1.165, 1.54) is 154 Å². The van der Waals surface area contributed by atoms with Crippen molar-refractivity contribution in [3.63, 3.8) is 0 Å². The van der Waals surface area contributed by atoms with Crippen molar-refractivity contribution in [3.05, 3.63) is 0 Å². The lowest BCUT2D eigenvalue weighted by molar-refractivity contribution is -0.309. The molecule has 44 heavy (non-hydrogen) atoms. The molecule has 0 aromatic rings. The van der Waals surface area contributed by atoms with Gasteiger partial charge in [0.1, 0.15) is 19.9 Å². The number of unbranched alkanes of at least 4 members (excludes halogenated alkanes) is 24. The first-order chi connectivity index (χ1) is 21.9. The van der Waals surface area contributed by atoms with Crippen molar-refractivity contribution in [2.75, 3.05) is 59.5 Å². The molecule has 0 aliphatic carbocycles. The summed E-state index contributed by atoms with van der Waals surface area (Å²) in [5, 5.41) is 3.08. The number of hydrogen-bond donors (Lipinski definition) is 1. The predicted molar refractivity (Wildman–Crippen MR) is 185 cm³/mol. The smallest absolute Gasteiger partial charge is 0.133 e. The summed E-state index contributed by atoms with van der Waals surface area (Å²) in [5.74, 6) is 0. The molecule has 266 valence electrons. The van der Waals surface area contributed by atoms with Gasteiger partial charge in [0.2, 0.25) is 0 Å². The fourth-order valence-electron chi connectivity index (χ4n) is 5.28. The molecule has 0 aliphatic heterocycles. The van der Waals surface area contributed by atoms with Crippen molar-refractivity contribution < 1.29 is 29.0 Å². The zero-order valence-corrected chi connectivity index (χ0v) is 29.7. The lowest BCUT2D eigenvalue weighted by Gasteiger charge is -2.08. The van der Waals surface area contributed by atoms with Crippen LogP contribution in [0.25, 0.3) is 0 Å². The number of ether oxygens (including phenoxy) is 2. The minimum absolute atomic E-state index is 0.310. The Labute approximate surface area is 274 Å². The molecule has 7 nitrogen and oxygen atoms in total. The van der Waals surface area contributed by atoms with Crippen LogP contribution < -0.4 is 5.32 Å². The maximum atomic E-state index is 5.62. The van der Waals surface area contributed by atoms with Crippen LogP contribution in [0.1, 0.15) is 181 Å². The molecule has 0 aliphatic rings. The average molecular weight is 632 g/mol. The molecule has 7 heteroatoms. The summed E-state index contributed by atoms with van der Waals surface area (Å²) in [6.07, 6.45) is 35.6. The molecule has 0 heterocycles. The van der Waals surface area contributed by atoms with E-state index < -0.39 is 0 Å². The first kappa shape index (κ1) is 43.7. The highest BCUT2D eigenvalue weighted by Gasteiger charge is 1.97. The van der Waals surface area contributed by atoms with Gasteiger partial charge in [-0.3, -0.25) is 5.32 Å². The zero-order valence-electron chi connectivity index (χ0n) is 29.7. The third kappa shape index (κ3) is 41.7. The first-order valence-electron chi connectivity index (χ1n) is 19.3. The second-order valence-electron chi connectivity index (χ2n) is 12.4. The second kappa shape index (κ2) is 42.7. The van der Waals surface area contributed by atoms with Crippen LogP contribution in [0.5, 0.6) is 0 Å². The van der Waals surface area contributed by atoms with Gasteiger partial charge in [0.05, 0.1) is 19.8 Å². The van der Waals surface area contributed by atoms with Crippen LogP contribution in [0.3, 0.4) is 0 Å². The SMILES string of the molecule is CCCCCCCCCCCCCCCOCCOOCCNCOOCCOCCCCCCCCCCCCCCC. The topological polar surface area (TPSA) is 67.4 Å². The van der Waals surface area contributed by atoms with Crippen molar-refractivity contribution >= 4 is 0 Å². The van der Waals surface area contributed by atoms with Gasteiger partial charge >= 0.3 is 0 Å². The quantitative estimate of drug-likeness (QED) is 0.0312.